The molecule has 7 heteroatoms. The smallest absolute Gasteiger partial charge is 0.253 e. The van der Waals surface area contributed by atoms with Gasteiger partial charge in [0.25, 0.3) is 5.91 Å². The summed E-state index contributed by atoms with van der Waals surface area (Å²) in [5.41, 5.74) is 1.53. The normalized spacial score (nSPS) is 22.1. The van der Waals surface area contributed by atoms with Crippen LogP contribution < -0.4 is 0 Å². The second-order valence-electron chi connectivity index (χ2n) is 7.21. The number of hydrogen-bond donors (Lipinski definition) is 0. The third kappa shape index (κ3) is 2.91. The molecule has 1 saturated carbocycles. The van der Waals surface area contributed by atoms with Gasteiger partial charge in [0.05, 0.1) is 13.2 Å². The molecule has 0 unspecified atom stereocenters. The van der Waals surface area contributed by atoms with Gasteiger partial charge in [0.2, 0.25) is 11.7 Å². The first-order valence-electron chi connectivity index (χ1n) is 9.24. The maximum absolute atomic E-state index is 12.7. The van der Waals surface area contributed by atoms with Gasteiger partial charge in [-0.05, 0) is 25.0 Å². The van der Waals surface area contributed by atoms with Gasteiger partial charge in [-0.3, -0.25) is 4.79 Å². The van der Waals surface area contributed by atoms with Gasteiger partial charge in [-0.25, -0.2) is 0 Å². The maximum Gasteiger partial charge on any atom is 0.253 e. The minimum Gasteiger partial charge on any atom is -0.347 e. The fourth-order valence-corrected chi connectivity index (χ4v) is 3.63. The van der Waals surface area contributed by atoms with Crippen LogP contribution in [0.3, 0.4) is 0 Å². The summed E-state index contributed by atoms with van der Waals surface area (Å²) in [6, 6.07) is 7.42. The van der Waals surface area contributed by atoms with E-state index in [0.29, 0.717) is 43.6 Å². The zero-order chi connectivity index (χ0) is 17.6. The van der Waals surface area contributed by atoms with Gasteiger partial charge in [-0.1, -0.05) is 17.3 Å². The molecule has 2 aromatic rings. The van der Waals surface area contributed by atoms with Crippen LogP contribution in [0.4, 0.5) is 0 Å². The van der Waals surface area contributed by atoms with Crippen molar-refractivity contribution in [1.29, 1.82) is 0 Å². The van der Waals surface area contributed by atoms with Gasteiger partial charge >= 0.3 is 0 Å². The summed E-state index contributed by atoms with van der Waals surface area (Å²) >= 11 is 0. The number of amides is 1. The molecule has 2 saturated heterocycles. The summed E-state index contributed by atoms with van der Waals surface area (Å²) in [6.45, 7) is 2.59. The molecule has 5 rings (SSSR count). The number of aromatic nitrogens is 2. The van der Waals surface area contributed by atoms with E-state index < -0.39 is 5.79 Å². The van der Waals surface area contributed by atoms with E-state index in [0.717, 1.165) is 37.1 Å². The summed E-state index contributed by atoms with van der Waals surface area (Å²) in [6.07, 6.45) is 3.71. The number of ether oxygens (including phenoxy) is 2. The highest BCUT2D eigenvalue weighted by Crippen LogP contribution is 2.39. The fraction of sp³-hybridized carbons (Fsp3) is 0.526. The predicted octanol–water partition coefficient (Wildman–Crippen LogP) is 2.59. The first-order valence-corrected chi connectivity index (χ1v) is 9.24. The second-order valence-corrected chi connectivity index (χ2v) is 7.21. The maximum atomic E-state index is 12.7. The molecule has 0 atom stereocenters. The topological polar surface area (TPSA) is 77.7 Å². The third-order valence-electron chi connectivity index (χ3n) is 5.38. The summed E-state index contributed by atoms with van der Waals surface area (Å²) in [5, 5.41) is 4.04. The minimum atomic E-state index is -0.460. The Labute approximate surface area is 151 Å². The Balaban J connectivity index is 1.25. The van der Waals surface area contributed by atoms with Gasteiger partial charge in [-0.2, -0.15) is 4.98 Å². The molecule has 1 spiro atoms. The fourth-order valence-electron chi connectivity index (χ4n) is 3.63. The van der Waals surface area contributed by atoms with Crippen molar-refractivity contribution in [3.63, 3.8) is 0 Å². The van der Waals surface area contributed by atoms with Crippen LogP contribution in [-0.2, 0) is 9.47 Å². The lowest BCUT2D eigenvalue weighted by Gasteiger charge is -2.37. The molecule has 1 aromatic carbocycles. The summed E-state index contributed by atoms with van der Waals surface area (Å²) in [7, 11) is 0. The van der Waals surface area contributed by atoms with Gasteiger partial charge < -0.3 is 18.9 Å². The van der Waals surface area contributed by atoms with Crippen LogP contribution in [0.5, 0.6) is 0 Å². The molecule has 3 aliphatic rings. The van der Waals surface area contributed by atoms with Crippen molar-refractivity contribution in [3.8, 4) is 11.4 Å². The number of rotatable bonds is 3. The average Bonchev–Trinajstić information content (AvgIpc) is 3.24. The average molecular weight is 355 g/mol. The van der Waals surface area contributed by atoms with Crippen LogP contribution >= 0.6 is 0 Å². The molecule has 136 valence electrons. The van der Waals surface area contributed by atoms with Crippen LogP contribution in [0, 0.1) is 0 Å². The quantitative estimate of drug-likeness (QED) is 0.842. The molecule has 2 aliphatic heterocycles. The monoisotopic (exact) mass is 355 g/mol. The van der Waals surface area contributed by atoms with Crippen LogP contribution in [0.15, 0.2) is 28.8 Å². The van der Waals surface area contributed by atoms with Gasteiger partial charge in [0.1, 0.15) is 0 Å². The Bertz CT molecular complexity index is 796. The second kappa shape index (κ2) is 6.17. The molecule has 7 nitrogen and oxygen atoms in total. The van der Waals surface area contributed by atoms with E-state index in [9.17, 15) is 4.79 Å². The zero-order valence-corrected chi connectivity index (χ0v) is 14.5. The van der Waals surface area contributed by atoms with Crippen molar-refractivity contribution in [1.82, 2.24) is 15.0 Å². The Hall–Kier alpha value is -2.25. The summed E-state index contributed by atoms with van der Waals surface area (Å²) < 4.78 is 16.7. The Morgan fingerprint density at radius 1 is 1.08 bits per heavy atom. The lowest BCUT2D eigenvalue weighted by Crippen LogP contribution is -2.47. The number of nitrogens with zero attached hydrogens (tertiary/aromatic N) is 3. The van der Waals surface area contributed by atoms with Crippen LogP contribution in [0.1, 0.15) is 47.8 Å². The van der Waals surface area contributed by atoms with Crippen LogP contribution in [0.2, 0.25) is 0 Å². The molecule has 26 heavy (non-hydrogen) atoms. The molecule has 0 bridgehead atoms. The number of benzene rings is 1. The van der Waals surface area contributed by atoms with E-state index in [1.54, 1.807) is 0 Å². The highest BCUT2D eigenvalue weighted by Gasteiger charge is 2.40. The Kier molecular flexibility index (Phi) is 3.79. The molecule has 0 radical (unpaired) electrons. The number of piperidine rings is 1. The number of carbonyl (C=O) groups excluding carboxylic acids is 1. The number of carbonyl (C=O) groups is 1. The zero-order valence-electron chi connectivity index (χ0n) is 14.5. The van der Waals surface area contributed by atoms with E-state index in [2.05, 4.69) is 10.1 Å². The van der Waals surface area contributed by atoms with Crippen molar-refractivity contribution in [2.45, 2.75) is 37.4 Å². The minimum absolute atomic E-state index is 0.0381. The third-order valence-corrected chi connectivity index (χ3v) is 5.38. The van der Waals surface area contributed by atoms with E-state index in [-0.39, 0.29) is 5.91 Å². The largest absolute Gasteiger partial charge is 0.347 e. The van der Waals surface area contributed by atoms with Gasteiger partial charge in [0, 0.05) is 43.0 Å². The van der Waals surface area contributed by atoms with E-state index in [1.165, 1.54) is 0 Å². The SMILES string of the molecule is O=C(c1ccc(-c2noc(C3CC3)n2)cc1)N1CCC2(CC1)OCCO2. The Morgan fingerprint density at radius 3 is 2.42 bits per heavy atom. The van der Waals surface area contributed by atoms with Gasteiger partial charge in [-0.15, -0.1) is 0 Å². The Morgan fingerprint density at radius 2 is 1.77 bits per heavy atom. The standard InChI is InChI=1S/C19H21N3O4/c23-18(22-9-7-19(8-10-22)24-11-12-25-19)15-5-1-13(2-6-15)16-20-17(26-21-16)14-3-4-14/h1-2,5-6,14H,3-4,7-12H2. The predicted molar refractivity (Wildman–Crippen MR) is 91.5 cm³/mol. The highest BCUT2D eigenvalue weighted by molar-refractivity contribution is 5.94. The van der Waals surface area contributed by atoms with Crippen molar-refractivity contribution in [2.75, 3.05) is 26.3 Å². The molecule has 1 aliphatic carbocycles. The molecule has 3 fully saturated rings. The first kappa shape index (κ1) is 16.0. The number of likely N-dealkylation sites (tertiary alicyclic amines) is 1. The molecular weight excluding hydrogens is 334 g/mol. The number of hydrogen-bond acceptors (Lipinski definition) is 6. The lowest BCUT2D eigenvalue weighted by molar-refractivity contribution is -0.181. The van der Waals surface area contributed by atoms with E-state index in [4.69, 9.17) is 14.0 Å². The van der Waals surface area contributed by atoms with Crippen molar-refractivity contribution < 1.29 is 18.8 Å². The molecule has 0 N–H and O–H groups in total. The summed E-state index contributed by atoms with van der Waals surface area (Å²) in [5.74, 6) is 1.32. The van der Waals surface area contributed by atoms with Crippen molar-refractivity contribution >= 4 is 5.91 Å². The highest BCUT2D eigenvalue weighted by atomic mass is 16.7. The molecule has 1 aromatic heterocycles. The first-order chi connectivity index (χ1) is 12.7. The van der Waals surface area contributed by atoms with Crippen LogP contribution in [-0.4, -0.2) is 53.0 Å². The van der Waals surface area contributed by atoms with Crippen molar-refractivity contribution in [3.05, 3.63) is 35.7 Å². The van der Waals surface area contributed by atoms with Crippen LogP contribution in [0.25, 0.3) is 11.4 Å². The molecule has 3 heterocycles. The van der Waals surface area contributed by atoms with E-state index in [1.807, 2.05) is 29.2 Å². The lowest BCUT2D eigenvalue weighted by atomic mass is 10.0. The van der Waals surface area contributed by atoms with Gasteiger partial charge in [0.15, 0.2) is 5.79 Å². The summed E-state index contributed by atoms with van der Waals surface area (Å²) in [4.78, 5) is 19.1. The molecular formula is C19H21N3O4. The van der Waals surface area contributed by atoms with E-state index >= 15 is 0 Å². The molecule has 1 amide bonds. The van der Waals surface area contributed by atoms with Crippen molar-refractivity contribution in [2.24, 2.45) is 0 Å².